The summed E-state index contributed by atoms with van der Waals surface area (Å²) in [5.74, 6) is 0. The average Bonchev–Trinajstić information content (AvgIpc) is 1.68. The molecule has 0 heterocycles. The highest BCUT2D eigenvalue weighted by Gasteiger charge is 1.86. The van der Waals surface area contributed by atoms with Crippen LogP contribution in [0.25, 0.3) is 0 Å². The molecule has 0 aliphatic carbocycles. The summed E-state index contributed by atoms with van der Waals surface area (Å²) in [6.07, 6.45) is 0. The standard InChI is InChI=1S/C3H8ClNO2/c1-2-7-5(6)3-4/h5H,2-3H2,1H3. The van der Waals surface area contributed by atoms with Crippen molar-refractivity contribution < 1.29 is 10.1 Å². The van der Waals surface area contributed by atoms with Crippen LogP contribution in [0.5, 0.6) is 0 Å². The Bertz CT molecular complexity index is 43.9. The molecule has 0 saturated carbocycles. The van der Waals surface area contributed by atoms with E-state index in [1.54, 1.807) is 6.92 Å². The molecule has 0 aromatic rings. The minimum Gasteiger partial charge on any atom is -0.599 e. The predicted molar refractivity (Wildman–Crippen MR) is 26.7 cm³/mol. The van der Waals surface area contributed by atoms with Gasteiger partial charge < -0.3 is 5.21 Å². The van der Waals surface area contributed by atoms with Crippen LogP contribution >= 0.6 is 11.6 Å². The molecule has 0 aliphatic heterocycles. The van der Waals surface area contributed by atoms with Gasteiger partial charge in [-0.2, -0.15) is 0 Å². The Morgan fingerprint density at radius 1 is 1.86 bits per heavy atom. The van der Waals surface area contributed by atoms with Gasteiger partial charge in [0.05, 0.1) is 0 Å². The zero-order chi connectivity index (χ0) is 5.70. The van der Waals surface area contributed by atoms with E-state index < -0.39 is 0 Å². The van der Waals surface area contributed by atoms with Crippen LogP contribution in [-0.4, -0.2) is 12.6 Å². The molecule has 0 saturated heterocycles. The Morgan fingerprint density at radius 2 is 2.43 bits per heavy atom. The van der Waals surface area contributed by atoms with E-state index in [0.29, 0.717) is 6.61 Å². The minimum absolute atomic E-state index is 0.0478. The molecular formula is C3H8ClNO2. The molecule has 1 N–H and O–H groups in total. The molecule has 0 rings (SSSR count). The fraction of sp³-hybridized carbons (Fsp3) is 1.00. The summed E-state index contributed by atoms with van der Waals surface area (Å²) in [4.78, 5) is 4.42. The summed E-state index contributed by atoms with van der Waals surface area (Å²) in [5, 5.41) is 9.70. The molecule has 0 aromatic carbocycles. The van der Waals surface area contributed by atoms with Crippen LogP contribution in [0.4, 0.5) is 0 Å². The van der Waals surface area contributed by atoms with E-state index in [9.17, 15) is 5.21 Å². The van der Waals surface area contributed by atoms with Crippen LogP contribution < -0.4 is 5.23 Å². The smallest absolute Gasteiger partial charge is 0.182 e. The number of nitrogens with one attached hydrogen (secondary N) is 1. The maximum Gasteiger partial charge on any atom is 0.182 e. The lowest BCUT2D eigenvalue weighted by atomic mass is 10.9. The third kappa shape index (κ3) is 4.01. The molecular weight excluding hydrogens is 117 g/mol. The van der Waals surface area contributed by atoms with Crippen LogP contribution in [0.15, 0.2) is 0 Å². The van der Waals surface area contributed by atoms with Crippen LogP contribution in [0.2, 0.25) is 0 Å². The quantitative estimate of drug-likeness (QED) is 0.314. The van der Waals surface area contributed by atoms with Gasteiger partial charge in [0, 0.05) is 0 Å². The lowest BCUT2D eigenvalue weighted by Crippen LogP contribution is -3.05. The van der Waals surface area contributed by atoms with Gasteiger partial charge in [-0.1, -0.05) is 11.6 Å². The van der Waals surface area contributed by atoms with Crippen LogP contribution in [0.1, 0.15) is 6.92 Å². The fourth-order valence-corrected chi connectivity index (χ4v) is 0.277. The van der Waals surface area contributed by atoms with Gasteiger partial charge >= 0.3 is 0 Å². The molecule has 1 atom stereocenters. The normalized spacial score (nSPS) is 14.1. The van der Waals surface area contributed by atoms with Gasteiger partial charge in [0.1, 0.15) is 6.61 Å². The van der Waals surface area contributed by atoms with E-state index >= 15 is 0 Å². The lowest BCUT2D eigenvalue weighted by molar-refractivity contribution is -1.04. The number of quaternary nitrogens is 1. The molecule has 0 fully saturated rings. The molecule has 0 spiro atoms. The summed E-state index contributed by atoms with van der Waals surface area (Å²) in [5.41, 5.74) is 0. The third-order valence-corrected chi connectivity index (χ3v) is 0.633. The zero-order valence-corrected chi connectivity index (χ0v) is 4.86. The molecule has 4 heteroatoms. The molecule has 1 unspecified atom stereocenters. The molecule has 44 valence electrons. The van der Waals surface area contributed by atoms with Gasteiger partial charge in [-0.3, -0.25) is 0 Å². The first-order valence-corrected chi connectivity index (χ1v) is 2.56. The van der Waals surface area contributed by atoms with Crippen molar-refractivity contribution in [2.75, 3.05) is 12.6 Å². The second-order valence-electron chi connectivity index (χ2n) is 0.939. The number of halogens is 1. The van der Waals surface area contributed by atoms with Gasteiger partial charge in [-0.25, -0.2) is 10.1 Å². The summed E-state index contributed by atoms with van der Waals surface area (Å²) < 4.78 is 0. The SMILES string of the molecule is CCO[NH+]([O-])CCl. The van der Waals surface area contributed by atoms with E-state index in [4.69, 9.17) is 11.6 Å². The van der Waals surface area contributed by atoms with Crippen LogP contribution in [-0.2, 0) is 4.84 Å². The van der Waals surface area contributed by atoms with Gasteiger partial charge in [0.25, 0.3) is 0 Å². The summed E-state index contributed by atoms with van der Waals surface area (Å²) >= 11 is 5.06. The van der Waals surface area contributed by atoms with Crippen LogP contribution in [0.3, 0.4) is 0 Å². The fourth-order valence-electron chi connectivity index (χ4n) is 0.200. The Hall–Kier alpha value is 0.170. The van der Waals surface area contributed by atoms with Crippen molar-refractivity contribution >= 4 is 11.6 Å². The second kappa shape index (κ2) is 4.33. The molecule has 0 amide bonds. The second-order valence-corrected chi connectivity index (χ2v) is 1.21. The summed E-state index contributed by atoms with van der Waals surface area (Å²) in [7, 11) is 0. The largest absolute Gasteiger partial charge is 0.599 e. The van der Waals surface area contributed by atoms with E-state index in [1.165, 1.54) is 0 Å². The van der Waals surface area contributed by atoms with Crippen molar-refractivity contribution in [3.8, 4) is 0 Å². The zero-order valence-electron chi connectivity index (χ0n) is 4.11. The number of rotatable bonds is 3. The monoisotopic (exact) mass is 125 g/mol. The van der Waals surface area contributed by atoms with Gasteiger partial charge in [-0.15, -0.1) is 0 Å². The maximum absolute atomic E-state index is 10.1. The van der Waals surface area contributed by atoms with Gasteiger partial charge in [-0.05, 0) is 6.92 Å². The topological polar surface area (TPSA) is 36.7 Å². The molecule has 7 heavy (non-hydrogen) atoms. The Balaban J connectivity index is 2.83. The molecule has 0 radical (unpaired) electrons. The van der Waals surface area contributed by atoms with Gasteiger partial charge in [0.2, 0.25) is 0 Å². The Morgan fingerprint density at radius 3 is 2.57 bits per heavy atom. The molecule has 0 aromatic heterocycles. The molecule has 3 nitrogen and oxygen atoms in total. The van der Waals surface area contributed by atoms with Crippen molar-refractivity contribution in [2.45, 2.75) is 6.92 Å². The lowest BCUT2D eigenvalue weighted by Gasteiger charge is -2.14. The van der Waals surface area contributed by atoms with E-state index in [2.05, 4.69) is 4.84 Å². The Kier molecular flexibility index (Phi) is 4.44. The highest BCUT2D eigenvalue weighted by molar-refractivity contribution is 6.16. The molecule has 0 bridgehead atoms. The van der Waals surface area contributed by atoms with E-state index in [0.717, 1.165) is 0 Å². The first-order valence-electron chi connectivity index (χ1n) is 2.02. The minimum atomic E-state index is -0.357. The third-order valence-electron chi connectivity index (χ3n) is 0.414. The van der Waals surface area contributed by atoms with Crippen LogP contribution in [0, 0.1) is 5.21 Å². The van der Waals surface area contributed by atoms with Crippen molar-refractivity contribution in [1.29, 1.82) is 0 Å². The maximum atomic E-state index is 10.1. The van der Waals surface area contributed by atoms with Crippen molar-refractivity contribution in [3.63, 3.8) is 0 Å². The highest BCUT2D eigenvalue weighted by Crippen LogP contribution is 1.58. The summed E-state index contributed by atoms with van der Waals surface area (Å²) in [6, 6.07) is -0.0478. The van der Waals surface area contributed by atoms with Gasteiger partial charge in [0.15, 0.2) is 6.00 Å². The number of hydroxylamine groups is 2. The van der Waals surface area contributed by atoms with E-state index in [1.807, 2.05) is 0 Å². The first kappa shape index (κ1) is 7.17. The average molecular weight is 126 g/mol. The van der Waals surface area contributed by atoms with Crippen molar-refractivity contribution in [1.82, 2.24) is 0 Å². The summed E-state index contributed by atoms with van der Waals surface area (Å²) in [6.45, 7) is 2.15. The van der Waals surface area contributed by atoms with Crippen molar-refractivity contribution in [3.05, 3.63) is 5.21 Å². The Labute approximate surface area is 47.3 Å². The van der Waals surface area contributed by atoms with E-state index in [-0.39, 0.29) is 11.2 Å². The highest BCUT2D eigenvalue weighted by atomic mass is 35.5. The predicted octanol–water partition coefficient (Wildman–Crippen LogP) is -0.483. The number of hydrogen-bond acceptors (Lipinski definition) is 2. The first-order chi connectivity index (χ1) is 3.31. The molecule has 0 aliphatic rings. The van der Waals surface area contributed by atoms with Crippen molar-refractivity contribution in [2.24, 2.45) is 0 Å². The number of alkyl halides is 1. The number of hydrogen-bond donors (Lipinski definition) is 1.